The minimum Gasteiger partial charge on any atom is -0.395 e. The molecule has 15 nitrogen and oxygen atoms in total. The molecule has 0 aromatic carbocycles. The molecule has 1 radical (unpaired) electrons. The van der Waals surface area contributed by atoms with E-state index in [0.29, 0.717) is 91.0 Å². The Bertz CT molecular complexity index is 1380. The number of carbonyl (C=O) groups is 5. The molecule has 0 bridgehead atoms. The van der Waals surface area contributed by atoms with E-state index in [1.807, 2.05) is 19.6 Å². The number of aliphatic hydroxyl groups is 2. The molecular formula is C41H70N7O8. The Balaban J connectivity index is 1.67. The van der Waals surface area contributed by atoms with Gasteiger partial charge in [0.1, 0.15) is 12.2 Å². The SMILES string of the molecule is COC(C)C(=O)N1CCC(C2(C3CCN(C(C)=O)CC3)N(C(=O)C(C)O)CC[CH]C2(C2CCN(C(=O)N(C)C)CC2)C2CCN(C(=O)N(C)CCO)CC2)CC1. The van der Waals surface area contributed by atoms with Crippen molar-refractivity contribution in [3.05, 3.63) is 6.42 Å². The number of likely N-dealkylation sites (N-methyl/N-ethyl adjacent to an activating group) is 1. The first-order chi connectivity index (χ1) is 26.6. The maximum Gasteiger partial charge on any atom is 0.319 e. The van der Waals surface area contributed by atoms with Crippen molar-refractivity contribution in [2.75, 3.05) is 100 Å². The van der Waals surface area contributed by atoms with Crippen LogP contribution in [0.1, 0.15) is 78.6 Å². The highest BCUT2D eigenvalue weighted by Gasteiger charge is 2.69. The number of nitrogens with zero attached hydrogens (tertiary/aromatic N) is 7. The number of aliphatic hydroxyl groups excluding tert-OH is 2. The number of piperidine rings is 5. The lowest BCUT2D eigenvalue weighted by atomic mass is 9.41. The van der Waals surface area contributed by atoms with Gasteiger partial charge >= 0.3 is 12.1 Å². The van der Waals surface area contributed by atoms with Crippen LogP contribution >= 0.6 is 0 Å². The van der Waals surface area contributed by atoms with Crippen LogP contribution in [0.25, 0.3) is 0 Å². The van der Waals surface area contributed by atoms with Gasteiger partial charge in [0.25, 0.3) is 11.8 Å². The fraction of sp³-hybridized carbons (Fsp3) is 0.854. The molecule has 0 aliphatic carbocycles. The highest BCUT2D eigenvalue weighted by atomic mass is 16.5. The first kappa shape index (κ1) is 43.9. The lowest BCUT2D eigenvalue weighted by Crippen LogP contribution is -2.78. The standard InChI is InChI=1S/C41H70N7O8/c1-29(50)36(52)48-18-8-17-40(32-9-23-46(24-10-32)38(54)42(4)5,33-11-25-47(26-12-33)39(55)43(6)27-28-49)41(48,34-13-19-44(20-14-34)31(3)51)35-15-21-45(22-16-35)37(53)30(2)56-7/h17,29-30,32-35,49-50H,8-16,18-28H2,1-7H3. The quantitative estimate of drug-likeness (QED) is 0.361. The Morgan fingerprint density at radius 3 is 1.57 bits per heavy atom. The summed E-state index contributed by atoms with van der Waals surface area (Å²) in [5.74, 6) is -0.124. The van der Waals surface area contributed by atoms with E-state index in [-0.39, 0.29) is 66.6 Å². The molecule has 0 saturated carbocycles. The average molecular weight is 789 g/mol. The van der Waals surface area contributed by atoms with Crippen LogP contribution in [0.2, 0.25) is 0 Å². The van der Waals surface area contributed by atoms with Gasteiger partial charge in [-0.25, -0.2) is 9.59 Å². The Hall–Kier alpha value is -3.17. The zero-order chi connectivity index (χ0) is 40.9. The summed E-state index contributed by atoms with van der Waals surface area (Å²) in [4.78, 5) is 80.7. The Labute approximate surface area is 334 Å². The molecule has 2 N–H and O–H groups in total. The van der Waals surface area contributed by atoms with E-state index >= 15 is 0 Å². The van der Waals surface area contributed by atoms with Crippen LogP contribution in [0.5, 0.6) is 0 Å². The van der Waals surface area contributed by atoms with E-state index < -0.39 is 23.2 Å². The summed E-state index contributed by atoms with van der Waals surface area (Å²) < 4.78 is 5.43. The summed E-state index contributed by atoms with van der Waals surface area (Å²) in [6, 6.07) is -0.120. The first-order valence-corrected chi connectivity index (χ1v) is 21.1. The monoisotopic (exact) mass is 789 g/mol. The lowest BCUT2D eigenvalue weighted by Gasteiger charge is -2.72. The summed E-state index contributed by atoms with van der Waals surface area (Å²) in [6.45, 7) is 10.0. The van der Waals surface area contributed by atoms with Crippen LogP contribution in [-0.4, -0.2) is 192 Å². The number of urea groups is 2. The minimum atomic E-state index is -1.22. The number of rotatable bonds is 9. The van der Waals surface area contributed by atoms with Crippen molar-refractivity contribution in [2.24, 2.45) is 29.1 Å². The third-order valence-corrected chi connectivity index (χ3v) is 14.3. The second-order valence-corrected chi connectivity index (χ2v) is 17.3. The van der Waals surface area contributed by atoms with Crippen molar-refractivity contribution >= 4 is 29.8 Å². The van der Waals surface area contributed by atoms with Crippen molar-refractivity contribution in [1.82, 2.24) is 34.3 Å². The van der Waals surface area contributed by atoms with Crippen LogP contribution in [0.15, 0.2) is 0 Å². The molecule has 0 aromatic heterocycles. The number of carbonyl (C=O) groups excluding carboxylic acids is 5. The molecule has 317 valence electrons. The van der Waals surface area contributed by atoms with Crippen LogP contribution in [-0.2, 0) is 19.1 Å². The summed E-state index contributed by atoms with van der Waals surface area (Å²) in [5, 5.41) is 20.8. The molecule has 4 unspecified atom stereocenters. The highest BCUT2D eigenvalue weighted by molar-refractivity contribution is 5.82. The Morgan fingerprint density at radius 1 is 0.696 bits per heavy atom. The van der Waals surface area contributed by atoms with Gasteiger partial charge in [-0.15, -0.1) is 0 Å². The van der Waals surface area contributed by atoms with Gasteiger partial charge in [-0.1, -0.05) is 0 Å². The number of likely N-dealkylation sites (tertiary alicyclic amines) is 5. The van der Waals surface area contributed by atoms with Gasteiger partial charge in [0.2, 0.25) is 5.91 Å². The van der Waals surface area contributed by atoms with Gasteiger partial charge in [-0.2, -0.15) is 0 Å². The van der Waals surface area contributed by atoms with Gasteiger partial charge in [0, 0.05) is 106 Å². The van der Waals surface area contributed by atoms with Crippen molar-refractivity contribution in [3.63, 3.8) is 0 Å². The predicted molar refractivity (Wildman–Crippen MR) is 211 cm³/mol. The molecule has 5 saturated heterocycles. The number of ether oxygens (including phenoxy) is 1. The summed E-state index contributed by atoms with van der Waals surface area (Å²) in [6.07, 6.45) is 7.14. The van der Waals surface area contributed by atoms with E-state index in [4.69, 9.17) is 4.74 Å². The molecule has 4 atom stereocenters. The fourth-order valence-corrected chi connectivity index (χ4v) is 11.7. The zero-order valence-electron chi connectivity index (χ0n) is 35.2. The Kier molecular flexibility index (Phi) is 14.6. The zero-order valence-corrected chi connectivity index (χ0v) is 35.2. The molecule has 0 spiro atoms. The van der Waals surface area contributed by atoms with Crippen LogP contribution < -0.4 is 0 Å². The molecule has 0 aromatic rings. The van der Waals surface area contributed by atoms with E-state index in [1.54, 1.807) is 58.8 Å². The molecule has 5 aliphatic heterocycles. The van der Waals surface area contributed by atoms with Crippen LogP contribution in [0.3, 0.4) is 0 Å². The number of hydrogen-bond acceptors (Lipinski definition) is 8. The van der Waals surface area contributed by atoms with Gasteiger partial charge in [-0.3, -0.25) is 14.4 Å². The molecule has 5 rings (SSSR count). The predicted octanol–water partition coefficient (Wildman–Crippen LogP) is 2.21. The molecule has 5 aliphatic rings. The highest BCUT2D eigenvalue weighted by Crippen LogP contribution is 2.66. The van der Waals surface area contributed by atoms with Crippen molar-refractivity contribution in [3.8, 4) is 0 Å². The third-order valence-electron chi connectivity index (χ3n) is 14.3. The Morgan fingerprint density at radius 2 is 1.14 bits per heavy atom. The molecular weight excluding hydrogens is 718 g/mol. The largest absolute Gasteiger partial charge is 0.395 e. The van der Waals surface area contributed by atoms with Crippen LogP contribution in [0, 0.1) is 35.5 Å². The van der Waals surface area contributed by atoms with Crippen molar-refractivity contribution in [2.45, 2.75) is 96.3 Å². The molecule has 5 heterocycles. The minimum absolute atomic E-state index is 0.000661. The molecule has 5 fully saturated rings. The van der Waals surface area contributed by atoms with E-state index in [2.05, 4.69) is 11.3 Å². The fourth-order valence-electron chi connectivity index (χ4n) is 11.7. The van der Waals surface area contributed by atoms with E-state index in [1.165, 1.54) is 0 Å². The van der Waals surface area contributed by atoms with Gasteiger partial charge in [0.15, 0.2) is 0 Å². The van der Waals surface area contributed by atoms with Crippen molar-refractivity contribution in [1.29, 1.82) is 0 Å². The number of amides is 7. The van der Waals surface area contributed by atoms with Gasteiger partial charge in [-0.05, 0) is 102 Å². The molecule has 15 heteroatoms. The maximum atomic E-state index is 14.8. The van der Waals surface area contributed by atoms with E-state index in [0.717, 1.165) is 25.7 Å². The van der Waals surface area contributed by atoms with Crippen molar-refractivity contribution < 1.29 is 38.9 Å². The van der Waals surface area contributed by atoms with Gasteiger partial charge in [0.05, 0.1) is 12.1 Å². The second kappa shape index (κ2) is 18.6. The third kappa shape index (κ3) is 8.23. The van der Waals surface area contributed by atoms with Crippen LogP contribution in [0.4, 0.5) is 9.59 Å². The smallest absolute Gasteiger partial charge is 0.319 e. The number of methoxy groups -OCH3 is 1. The average Bonchev–Trinajstić information content (AvgIpc) is 3.22. The maximum absolute atomic E-state index is 14.8. The summed E-state index contributed by atoms with van der Waals surface area (Å²) in [5.41, 5.74) is -1.30. The normalized spacial score (nSPS) is 27.6. The lowest BCUT2D eigenvalue weighted by molar-refractivity contribution is -0.209. The number of hydrogen-bond donors (Lipinski definition) is 2. The first-order valence-electron chi connectivity index (χ1n) is 21.1. The summed E-state index contributed by atoms with van der Waals surface area (Å²) in [7, 11) is 6.82. The van der Waals surface area contributed by atoms with E-state index in [9.17, 15) is 34.2 Å². The molecule has 7 amide bonds. The van der Waals surface area contributed by atoms with Gasteiger partial charge < -0.3 is 49.2 Å². The molecule has 56 heavy (non-hydrogen) atoms. The second-order valence-electron chi connectivity index (χ2n) is 17.3. The summed E-state index contributed by atoms with van der Waals surface area (Å²) >= 11 is 0. The topological polar surface area (TPSA) is 158 Å².